The molecule has 21 heavy (non-hydrogen) atoms. The summed E-state index contributed by atoms with van der Waals surface area (Å²) in [4.78, 5) is 21.6. The molecule has 2 rings (SSSR count). The maximum Gasteiger partial charge on any atom is 0.311 e. The van der Waals surface area contributed by atoms with Crippen molar-refractivity contribution in [1.29, 1.82) is 0 Å². The number of nitro benzene ring substituents is 1. The number of rotatable bonds is 7. The Bertz CT molecular complexity index is 533. The summed E-state index contributed by atoms with van der Waals surface area (Å²) in [6, 6.07) is 4.81. The molecule has 1 unspecified atom stereocenters. The third kappa shape index (κ3) is 4.08. The van der Waals surface area contributed by atoms with Gasteiger partial charge in [0.1, 0.15) is 0 Å². The number of carbonyl (C=O) groups excluding carboxylic acids is 1. The monoisotopic (exact) mass is 293 g/mol. The number of amides is 1. The highest BCUT2D eigenvalue weighted by atomic mass is 16.6. The summed E-state index contributed by atoms with van der Waals surface area (Å²) < 4.78 is 5.43. The first kappa shape index (κ1) is 15.1. The van der Waals surface area contributed by atoms with Crippen LogP contribution in [-0.2, 0) is 4.79 Å². The molecule has 1 atom stereocenters. The fourth-order valence-electron chi connectivity index (χ4n) is 2.17. The fraction of sp³-hybridized carbons (Fsp3) is 0.500. The molecule has 1 amide bonds. The molecule has 0 spiro atoms. The van der Waals surface area contributed by atoms with E-state index in [1.54, 1.807) is 12.1 Å². The molecule has 0 aliphatic carbocycles. The number of benzene rings is 1. The molecule has 2 N–H and O–H groups in total. The van der Waals surface area contributed by atoms with Crippen LogP contribution in [-0.4, -0.2) is 30.0 Å². The van der Waals surface area contributed by atoms with Crippen LogP contribution in [0.3, 0.4) is 0 Å². The number of ether oxygens (including phenoxy) is 1. The van der Waals surface area contributed by atoms with Crippen LogP contribution in [0.15, 0.2) is 18.2 Å². The van der Waals surface area contributed by atoms with Gasteiger partial charge in [0.15, 0.2) is 5.75 Å². The SMILES string of the molecule is CCCOc1cc(NCC2CCC(=O)N2)ccc1[N+](=O)[O-]. The van der Waals surface area contributed by atoms with Gasteiger partial charge in [-0.2, -0.15) is 0 Å². The molecule has 7 heteroatoms. The van der Waals surface area contributed by atoms with Gasteiger partial charge in [-0.25, -0.2) is 0 Å². The minimum absolute atomic E-state index is 0.0387. The van der Waals surface area contributed by atoms with Gasteiger partial charge in [0.05, 0.1) is 11.5 Å². The van der Waals surface area contributed by atoms with Gasteiger partial charge in [0.25, 0.3) is 0 Å². The lowest BCUT2D eigenvalue weighted by Gasteiger charge is -2.13. The zero-order valence-electron chi connectivity index (χ0n) is 11.9. The summed E-state index contributed by atoms with van der Waals surface area (Å²) >= 11 is 0. The molecule has 114 valence electrons. The summed E-state index contributed by atoms with van der Waals surface area (Å²) in [5, 5.41) is 17.0. The topological polar surface area (TPSA) is 93.5 Å². The van der Waals surface area contributed by atoms with Gasteiger partial charge < -0.3 is 15.4 Å². The first-order valence-corrected chi connectivity index (χ1v) is 7.04. The van der Waals surface area contributed by atoms with Gasteiger partial charge in [-0.05, 0) is 18.9 Å². The Labute approximate surface area is 122 Å². The Morgan fingerprint density at radius 2 is 2.33 bits per heavy atom. The molecule has 1 aromatic rings. The molecule has 0 bridgehead atoms. The highest BCUT2D eigenvalue weighted by Gasteiger charge is 2.21. The van der Waals surface area contributed by atoms with Crippen molar-refractivity contribution in [2.45, 2.75) is 32.2 Å². The molecule has 1 aromatic carbocycles. The highest BCUT2D eigenvalue weighted by Crippen LogP contribution is 2.30. The Hall–Kier alpha value is -2.31. The van der Waals surface area contributed by atoms with E-state index in [0.717, 1.165) is 18.5 Å². The summed E-state index contributed by atoms with van der Waals surface area (Å²) in [5.74, 6) is 0.333. The van der Waals surface area contributed by atoms with Crippen LogP contribution in [0.25, 0.3) is 0 Å². The van der Waals surface area contributed by atoms with E-state index in [2.05, 4.69) is 10.6 Å². The molecule has 1 aliphatic heterocycles. The smallest absolute Gasteiger partial charge is 0.311 e. The van der Waals surface area contributed by atoms with Gasteiger partial charge in [-0.15, -0.1) is 0 Å². The molecular formula is C14H19N3O4. The zero-order valence-corrected chi connectivity index (χ0v) is 11.9. The van der Waals surface area contributed by atoms with Crippen LogP contribution in [0.2, 0.25) is 0 Å². The maximum atomic E-state index is 11.1. The molecule has 0 radical (unpaired) electrons. The van der Waals surface area contributed by atoms with Gasteiger partial charge in [-0.1, -0.05) is 6.92 Å². The molecular weight excluding hydrogens is 274 g/mol. The average Bonchev–Trinajstić information content (AvgIpc) is 2.88. The van der Waals surface area contributed by atoms with Crippen molar-refractivity contribution in [1.82, 2.24) is 5.32 Å². The quantitative estimate of drug-likeness (QED) is 0.593. The van der Waals surface area contributed by atoms with E-state index in [-0.39, 0.29) is 23.4 Å². The first-order valence-electron chi connectivity index (χ1n) is 7.04. The predicted octanol–water partition coefficient (Wildman–Crippen LogP) is 2.07. The van der Waals surface area contributed by atoms with Crippen LogP contribution in [0.4, 0.5) is 11.4 Å². The van der Waals surface area contributed by atoms with E-state index in [1.807, 2.05) is 6.92 Å². The molecule has 0 saturated carbocycles. The fourth-order valence-corrected chi connectivity index (χ4v) is 2.17. The summed E-state index contributed by atoms with van der Waals surface area (Å²) in [5.41, 5.74) is 0.705. The van der Waals surface area contributed by atoms with Crippen molar-refractivity contribution >= 4 is 17.3 Å². The largest absolute Gasteiger partial charge is 0.487 e. The lowest BCUT2D eigenvalue weighted by molar-refractivity contribution is -0.385. The second-order valence-corrected chi connectivity index (χ2v) is 4.97. The number of nitrogens with zero attached hydrogens (tertiary/aromatic N) is 1. The lowest BCUT2D eigenvalue weighted by atomic mass is 10.2. The summed E-state index contributed by atoms with van der Waals surface area (Å²) in [7, 11) is 0. The van der Waals surface area contributed by atoms with Crippen LogP contribution in [0.1, 0.15) is 26.2 Å². The summed E-state index contributed by atoms with van der Waals surface area (Å²) in [6.45, 7) is 2.97. The van der Waals surface area contributed by atoms with Crippen LogP contribution < -0.4 is 15.4 Å². The Kier molecular flexibility index (Phi) is 4.97. The van der Waals surface area contributed by atoms with Crippen LogP contribution in [0.5, 0.6) is 5.75 Å². The van der Waals surface area contributed by atoms with Crippen molar-refractivity contribution in [3.8, 4) is 5.75 Å². The third-order valence-corrected chi connectivity index (χ3v) is 3.26. The van der Waals surface area contributed by atoms with E-state index in [1.165, 1.54) is 6.07 Å². The Morgan fingerprint density at radius 1 is 1.52 bits per heavy atom. The second kappa shape index (κ2) is 6.92. The highest BCUT2D eigenvalue weighted by molar-refractivity contribution is 5.78. The number of nitro groups is 1. The molecule has 1 fully saturated rings. The molecule has 1 aliphatic rings. The van der Waals surface area contributed by atoms with Crippen LogP contribution in [0, 0.1) is 10.1 Å². The minimum Gasteiger partial charge on any atom is -0.487 e. The predicted molar refractivity (Wildman–Crippen MR) is 78.5 cm³/mol. The number of carbonyl (C=O) groups is 1. The number of anilines is 1. The van der Waals surface area contributed by atoms with Crippen molar-refractivity contribution < 1.29 is 14.5 Å². The molecule has 1 saturated heterocycles. The van der Waals surface area contributed by atoms with Crippen molar-refractivity contribution in [2.24, 2.45) is 0 Å². The van der Waals surface area contributed by atoms with Gasteiger partial charge in [0.2, 0.25) is 5.91 Å². The number of hydrogen-bond acceptors (Lipinski definition) is 5. The second-order valence-electron chi connectivity index (χ2n) is 4.97. The average molecular weight is 293 g/mol. The third-order valence-electron chi connectivity index (χ3n) is 3.26. The van der Waals surface area contributed by atoms with E-state index >= 15 is 0 Å². The minimum atomic E-state index is -0.452. The van der Waals surface area contributed by atoms with Crippen molar-refractivity contribution in [3.05, 3.63) is 28.3 Å². The van der Waals surface area contributed by atoms with Gasteiger partial charge in [0, 0.05) is 36.8 Å². The number of hydrogen-bond donors (Lipinski definition) is 2. The lowest BCUT2D eigenvalue weighted by Crippen LogP contribution is -2.31. The zero-order chi connectivity index (χ0) is 15.2. The van der Waals surface area contributed by atoms with E-state index < -0.39 is 4.92 Å². The van der Waals surface area contributed by atoms with E-state index in [0.29, 0.717) is 19.6 Å². The van der Waals surface area contributed by atoms with Crippen LogP contribution >= 0.6 is 0 Å². The van der Waals surface area contributed by atoms with Crippen molar-refractivity contribution in [2.75, 3.05) is 18.5 Å². The normalized spacial score (nSPS) is 17.4. The van der Waals surface area contributed by atoms with E-state index in [4.69, 9.17) is 4.74 Å². The summed E-state index contributed by atoms with van der Waals surface area (Å²) in [6.07, 6.45) is 2.14. The Balaban J connectivity index is 2.02. The molecule has 7 nitrogen and oxygen atoms in total. The van der Waals surface area contributed by atoms with E-state index in [9.17, 15) is 14.9 Å². The first-order chi connectivity index (χ1) is 10.1. The van der Waals surface area contributed by atoms with Crippen molar-refractivity contribution in [3.63, 3.8) is 0 Å². The molecule has 1 heterocycles. The van der Waals surface area contributed by atoms with Gasteiger partial charge >= 0.3 is 5.69 Å². The standard InChI is InChI=1S/C14H19N3O4/c1-2-7-21-13-8-10(3-5-12(13)17(19)20)15-9-11-4-6-14(18)16-11/h3,5,8,11,15H,2,4,6-7,9H2,1H3,(H,16,18). The number of nitrogens with one attached hydrogen (secondary N) is 2. The maximum absolute atomic E-state index is 11.1. The molecule has 0 aromatic heterocycles. The Morgan fingerprint density at radius 3 is 2.95 bits per heavy atom. The van der Waals surface area contributed by atoms with Gasteiger partial charge in [-0.3, -0.25) is 14.9 Å².